The molecular formula is C29H31NO2. The van der Waals surface area contributed by atoms with E-state index in [-0.39, 0.29) is 5.91 Å². The lowest BCUT2D eigenvalue weighted by atomic mass is 9.48. The Labute approximate surface area is 190 Å². The number of hydrogen-bond acceptors (Lipinski definition) is 2. The van der Waals surface area contributed by atoms with Gasteiger partial charge in [0.05, 0.1) is 7.11 Å². The summed E-state index contributed by atoms with van der Waals surface area (Å²) in [7, 11) is 1.82. The lowest BCUT2D eigenvalue weighted by Crippen LogP contribution is -2.48. The van der Waals surface area contributed by atoms with Crippen LogP contribution >= 0.6 is 0 Å². The van der Waals surface area contributed by atoms with Crippen LogP contribution in [0.1, 0.15) is 51.0 Å². The molecule has 4 saturated carbocycles. The molecule has 32 heavy (non-hydrogen) atoms. The van der Waals surface area contributed by atoms with Gasteiger partial charge >= 0.3 is 0 Å². The zero-order chi connectivity index (χ0) is 21.9. The zero-order valence-electron chi connectivity index (χ0n) is 19.0. The molecule has 164 valence electrons. The van der Waals surface area contributed by atoms with Crippen molar-refractivity contribution in [3.63, 3.8) is 0 Å². The number of benzene rings is 3. The molecule has 4 fully saturated rings. The minimum absolute atomic E-state index is 0.0450. The molecule has 4 bridgehead atoms. The van der Waals surface area contributed by atoms with Crippen LogP contribution in [0.3, 0.4) is 0 Å². The van der Waals surface area contributed by atoms with Gasteiger partial charge in [-0.2, -0.15) is 0 Å². The number of fused-ring (bicyclic) bond motifs is 1. The van der Waals surface area contributed by atoms with Crippen LogP contribution in [0.15, 0.2) is 54.6 Å². The molecule has 3 heteroatoms. The van der Waals surface area contributed by atoms with Gasteiger partial charge in [0.25, 0.3) is 0 Å². The largest absolute Gasteiger partial charge is 0.496 e. The first-order chi connectivity index (χ1) is 15.5. The van der Waals surface area contributed by atoms with E-state index in [9.17, 15) is 4.79 Å². The van der Waals surface area contributed by atoms with Crippen LogP contribution in [0.4, 0.5) is 5.69 Å². The number of methoxy groups -OCH3 is 1. The highest BCUT2D eigenvalue weighted by Crippen LogP contribution is 2.62. The number of ether oxygens (including phenoxy) is 1. The fourth-order valence-electron chi connectivity index (χ4n) is 7.45. The standard InChI is InChI=1S/C29H31NO2/c1-18(31)30-26-7-5-23-12-22(3-4-24(23)13-26)25-6-8-28(32-2)27(14-25)29-15-19-9-20(16-29)11-21(10-19)17-29/h3-8,12-14,19-21H,9-11,15-17H2,1-2H3,(H,30,31). The minimum Gasteiger partial charge on any atom is -0.496 e. The summed E-state index contributed by atoms with van der Waals surface area (Å²) >= 11 is 0. The molecule has 3 nitrogen and oxygen atoms in total. The average Bonchev–Trinajstić information content (AvgIpc) is 2.77. The average molecular weight is 426 g/mol. The summed E-state index contributed by atoms with van der Waals surface area (Å²) in [4.78, 5) is 11.4. The van der Waals surface area contributed by atoms with E-state index in [1.165, 1.54) is 60.6 Å². The minimum atomic E-state index is -0.0450. The Bertz CT molecular complexity index is 1180. The molecule has 7 rings (SSSR count). The first-order valence-electron chi connectivity index (χ1n) is 12.0. The van der Waals surface area contributed by atoms with Gasteiger partial charge in [0, 0.05) is 18.2 Å². The van der Waals surface area contributed by atoms with Gasteiger partial charge in [-0.05, 0) is 114 Å². The van der Waals surface area contributed by atoms with Crippen LogP contribution in [-0.4, -0.2) is 13.0 Å². The van der Waals surface area contributed by atoms with E-state index >= 15 is 0 Å². The van der Waals surface area contributed by atoms with E-state index in [0.717, 1.165) is 34.6 Å². The zero-order valence-corrected chi connectivity index (χ0v) is 19.0. The summed E-state index contributed by atoms with van der Waals surface area (Å²) in [6.45, 7) is 1.54. The number of nitrogens with one attached hydrogen (secondary N) is 1. The maximum absolute atomic E-state index is 11.4. The number of amides is 1. The molecule has 4 aliphatic rings. The summed E-state index contributed by atoms with van der Waals surface area (Å²) in [5.74, 6) is 3.75. The van der Waals surface area contributed by atoms with E-state index in [4.69, 9.17) is 4.74 Å². The SMILES string of the molecule is COc1ccc(-c2ccc3cc(NC(C)=O)ccc3c2)cc1C12CC3CC(CC(C3)C1)C2. The van der Waals surface area contributed by atoms with Crippen molar-refractivity contribution in [3.8, 4) is 16.9 Å². The van der Waals surface area contributed by atoms with Gasteiger partial charge in [0.1, 0.15) is 5.75 Å². The van der Waals surface area contributed by atoms with Crippen LogP contribution < -0.4 is 10.1 Å². The summed E-state index contributed by atoms with van der Waals surface area (Å²) in [6, 6.07) is 19.5. The van der Waals surface area contributed by atoms with Crippen molar-refractivity contribution in [1.29, 1.82) is 0 Å². The molecule has 1 amide bonds. The number of hydrogen-bond donors (Lipinski definition) is 1. The molecule has 0 heterocycles. The second-order valence-corrected chi connectivity index (χ2v) is 10.6. The summed E-state index contributed by atoms with van der Waals surface area (Å²) in [5.41, 5.74) is 5.09. The van der Waals surface area contributed by atoms with E-state index in [1.807, 2.05) is 19.2 Å². The van der Waals surface area contributed by atoms with Gasteiger partial charge in [-0.3, -0.25) is 4.79 Å². The third-order valence-electron chi connectivity index (χ3n) is 8.30. The molecule has 0 aliphatic heterocycles. The van der Waals surface area contributed by atoms with Gasteiger partial charge in [-0.25, -0.2) is 0 Å². The van der Waals surface area contributed by atoms with Gasteiger partial charge in [-0.15, -0.1) is 0 Å². The van der Waals surface area contributed by atoms with Crippen molar-refractivity contribution in [2.75, 3.05) is 12.4 Å². The fraction of sp³-hybridized carbons (Fsp3) is 0.414. The molecule has 0 saturated heterocycles. The predicted octanol–water partition coefficient (Wildman–Crippen LogP) is 6.94. The highest BCUT2D eigenvalue weighted by Gasteiger charge is 2.52. The normalized spacial score (nSPS) is 28.1. The Morgan fingerprint density at radius 2 is 1.44 bits per heavy atom. The van der Waals surface area contributed by atoms with E-state index in [1.54, 1.807) is 6.92 Å². The monoisotopic (exact) mass is 425 g/mol. The number of carbonyl (C=O) groups is 1. The third kappa shape index (κ3) is 3.30. The highest BCUT2D eigenvalue weighted by molar-refractivity contribution is 5.94. The van der Waals surface area contributed by atoms with Crippen LogP contribution in [0.2, 0.25) is 0 Å². The second-order valence-electron chi connectivity index (χ2n) is 10.6. The quantitative estimate of drug-likeness (QED) is 0.491. The van der Waals surface area contributed by atoms with Crippen LogP contribution in [-0.2, 0) is 10.2 Å². The smallest absolute Gasteiger partial charge is 0.221 e. The van der Waals surface area contributed by atoms with E-state index < -0.39 is 0 Å². The van der Waals surface area contributed by atoms with Crippen LogP contribution in [0, 0.1) is 17.8 Å². The van der Waals surface area contributed by atoms with E-state index in [0.29, 0.717) is 5.41 Å². The van der Waals surface area contributed by atoms with Crippen molar-refractivity contribution in [3.05, 3.63) is 60.2 Å². The predicted molar refractivity (Wildman–Crippen MR) is 130 cm³/mol. The summed E-state index contributed by atoms with van der Waals surface area (Å²) in [5, 5.41) is 5.19. The first-order valence-corrected chi connectivity index (χ1v) is 12.0. The maximum atomic E-state index is 11.4. The van der Waals surface area contributed by atoms with Crippen molar-refractivity contribution in [2.24, 2.45) is 17.8 Å². The summed E-state index contributed by atoms with van der Waals surface area (Å²) in [6.07, 6.45) is 8.36. The van der Waals surface area contributed by atoms with Gasteiger partial charge < -0.3 is 10.1 Å². The molecule has 0 spiro atoms. The van der Waals surface area contributed by atoms with Crippen LogP contribution in [0.5, 0.6) is 5.75 Å². The molecule has 3 aromatic carbocycles. The molecule has 0 unspecified atom stereocenters. The first kappa shape index (κ1) is 19.8. The van der Waals surface area contributed by atoms with Crippen molar-refractivity contribution in [1.82, 2.24) is 0 Å². The Kier molecular flexibility index (Phi) is 4.57. The molecule has 0 aromatic heterocycles. The van der Waals surface area contributed by atoms with Gasteiger partial charge in [0.2, 0.25) is 5.91 Å². The van der Waals surface area contributed by atoms with Crippen molar-refractivity contribution in [2.45, 2.75) is 50.9 Å². The Balaban J connectivity index is 1.39. The van der Waals surface area contributed by atoms with E-state index in [2.05, 4.69) is 47.8 Å². The molecule has 0 radical (unpaired) electrons. The van der Waals surface area contributed by atoms with Gasteiger partial charge in [-0.1, -0.05) is 24.3 Å². The van der Waals surface area contributed by atoms with Crippen LogP contribution in [0.25, 0.3) is 21.9 Å². The highest BCUT2D eigenvalue weighted by atomic mass is 16.5. The third-order valence-corrected chi connectivity index (χ3v) is 8.30. The Morgan fingerprint density at radius 1 is 0.844 bits per heavy atom. The van der Waals surface area contributed by atoms with Gasteiger partial charge in [0.15, 0.2) is 0 Å². The lowest BCUT2D eigenvalue weighted by molar-refractivity contribution is -0.114. The Hall–Kier alpha value is -2.81. The molecular weight excluding hydrogens is 394 g/mol. The van der Waals surface area contributed by atoms with Crippen molar-refractivity contribution >= 4 is 22.4 Å². The maximum Gasteiger partial charge on any atom is 0.221 e. The number of carbonyl (C=O) groups excluding carboxylic acids is 1. The Morgan fingerprint density at radius 3 is 2.09 bits per heavy atom. The fourth-order valence-corrected chi connectivity index (χ4v) is 7.45. The molecule has 4 aliphatic carbocycles. The molecule has 3 aromatic rings. The number of rotatable bonds is 4. The van der Waals surface area contributed by atoms with Crippen molar-refractivity contribution < 1.29 is 9.53 Å². The number of anilines is 1. The topological polar surface area (TPSA) is 38.3 Å². The molecule has 1 N–H and O–H groups in total. The molecule has 0 atom stereocenters. The lowest BCUT2D eigenvalue weighted by Gasteiger charge is -2.57. The second kappa shape index (κ2) is 7.37. The summed E-state index contributed by atoms with van der Waals surface area (Å²) < 4.78 is 5.91.